The van der Waals surface area contributed by atoms with Crippen LogP contribution in [0.15, 0.2) is 12.2 Å². The Hall–Kier alpha value is -0.620. The van der Waals surface area contributed by atoms with Gasteiger partial charge in [0, 0.05) is 131 Å². The highest BCUT2D eigenvalue weighted by molar-refractivity contribution is 5.11. The van der Waals surface area contributed by atoms with Crippen LogP contribution in [-0.4, -0.2) is 197 Å². The monoisotopic (exact) mass is 1570 g/mol. The third kappa shape index (κ3) is 27.2. The van der Waals surface area contributed by atoms with Crippen LogP contribution in [0.2, 0.25) is 0 Å². The minimum Gasteiger partial charge on any atom is -0.314 e. The summed E-state index contributed by atoms with van der Waals surface area (Å²) < 4.78 is 0. The average Bonchev–Trinajstić information content (AvgIpc) is 1.63. The standard InChI is InChI=1S/2C13H25N.2C12H23N.3C11H21N.C11H19N.C10H19N/c1-13(2,3)14-8-7-11-5-4-6-12(9-11)10-14;1-13(2,3)14-9-11-5-4-6-12(10-14)8-7-11;1-12(2,3)13-9-8-10-4-6-11(13)7-5-10;1-12(2,3)13-8-7-10-5-4-6-11(13)9-10;1-11(2,3)12-8-9-4-6-10(12)7-5-9;1-11(2,3)10-8-4-5-9(10)12-7-6-8;2*1-11(2,3)12-9-5-4-6-10(12)8-7-9;1-10(2,3)11-7-8-4-5-9(11)6-8/h2*11-12H,4-10H2,1-3H3;2*10-11H,4-9H2,1-3H3;9-10H,4-8H2,1-3H3;8-10,12H,4-7H2,1-3H3;9-10H,4-8H2,1-3H3;4-5,9-10H,6-8H2,1-3H3;8-9H,4-7H2,1-3H3/t11-,12-;;;;;;;;/m0......../s1. The lowest BCUT2D eigenvalue weighted by molar-refractivity contribution is -0.0163. The molecule has 13 heterocycles. The highest BCUT2D eigenvalue weighted by Crippen LogP contribution is 2.49. The Bertz CT molecular complexity index is 2690. The molecule has 0 radical (unpaired) electrons. The van der Waals surface area contributed by atoms with Crippen LogP contribution in [0.5, 0.6) is 0 Å². The summed E-state index contributed by atoms with van der Waals surface area (Å²) in [5.74, 6) is 10.2. The Morgan fingerprint density at radius 3 is 1.09 bits per heavy atom. The molecule has 18 bridgehead atoms. The highest BCUT2D eigenvalue weighted by atomic mass is 15.3. The van der Waals surface area contributed by atoms with Gasteiger partial charge in [0.2, 0.25) is 0 Å². The molecule has 9 nitrogen and oxygen atoms in total. The number of likely N-dealkylation sites (tertiary alicyclic amines) is 4. The zero-order valence-corrected chi connectivity index (χ0v) is 80.9. The molecular weight excluding hydrogens is 1380 g/mol. The molecular formula is C104H197N9. The normalized spacial score (nSPS) is 37.0. The van der Waals surface area contributed by atoms with E-state index in [1.807, 2.05) is 0 Å². The number of fused-ring (bicyclic) bond motifs is 22. The van der Waals surface area contributed by atoms with Crippen molar-refractivity contribution in [1.82, 2.24) is 44.5 Å². The van der Waals surface area contributed by atoms with Gasteiger partial charge in [-0.2, -0.15) is 0 Å². The predicted molar refractivity (Wildman–Crippen MR) is 493 cm³/mol. The maximum Gasteiger partial charge on any atom is 0.0287 e. The Morgan fingerprint density at radius 2 is 0.637 bits per heavy atom. The molecule has 0 aromatic rings. The van der Waals surface area contributed by atoms with Crippen molar-refractivity contribution in [3.63, 3.8) is 0 Å². The summed E-state index contributed by atoms with van der Waals surface area (Å²) in [7, 11) is 0. The first-order valence-corrected chi connectivity index (χ1v) is 50.2. The molecule has 20 rings (SSSR count). The van der Waals surface area contributed by atoms with E-state index in [1.165, 1.54) is 303 Å². The van der Waals surface area contributed by atoms with Crippen molar-refractivity contribution < 1.29 is 0 Å². The first kappa shape index (κ1) is 94.6. The summed E-state index contributed by atoms with van der Waals surface area (Å²) in [5, 5.41) is 3.67. The molecule has 0 spiro atoms. The van der Waals surface area contributed by atoms with Gasteiger partial charge in [-0.05, 0) is 462 Å². The Morgan fingerprint density at radius 1 is 0.257 bits per heavy atom. The summed E-state index contributed by atoms with van der Waals surface area (Å²) in [6.45, 7) is 75.9. The van der Waals surface area contributed by atoms with Crippen LogP contribution < -0.4 is 5.32 Å². The Labute approximate surface area is 705 Å². The van der Waals surface area contributed by atoms with Crippen molar-refractivity contribution in [3.8, 4) is 0 Å². The lowest BCUT2D eigenvalue weighted by Crippen LogP contribution is -2.56. The summed E-state index contributed by atoms with van der Waals surface area (Å²) in [6, 6.07) is 7.90. The van der Waals surface area contributed by atoms with Gasteiger partial charge >= 0.3 is 0 Å². The molecule has 9 heteroatoms. The number of nitrogens with one attached hydrogen (secondary N) is 1. The third-order valence-electron chi connectivity index (χ3n) is 33.1. The molecule has 0 aromatic carbocycles. The molecule has 15 atom stereocenters. The van der Waals surface area contributed by atoms with Crippen LogP contribution in [0.25, 0.3) is 0 Å². The maximum absolute atomic E-state index is 3.67. The van der Waals surface area contributed by atoms with Crippen molar-refractivity contribution in [2.75, 3.05) is 58.9 Å². The van der Waals surface area contributed by atoms with Crippen molar-refractivity contribution >= 4 is 0 Å². The number of hydrogen-bond acceptors (Lipinski definition) is 9. The zero-order chi connectivity index (χ0) is 82.4. The highest BCUT2D eigenvalue weighted by Gasteiger charge is 2.48. The quantitative estimate of drug-likeness (QED) is 0.239. The fourth-order valence-corrected chi connectivity index (χ4v) is 27.6. The van der Waals surface area contributed by atoms with Crippen molar-refractivity contribution in [1.29, 1.82) is 0 Å². The summed E-state index contributed by atoms with van der Waals surface area (Å²) >= 11 is 0. The van der Waals surface area contributed by atoms with Crippen molar-refractivity contribution in [2.45, 2.75) is 530 Å². The van der Waals surface area contributed by atoms with E-state index < -0.39 is 0 Å². The number of nitrogens with zero attached hydrogens (tertiary/aromatic N) is 8. The molecule has 19 fully saturated rings. The first-order valence-electron chi connectivity index (χ1n) is 50.2. The minimum atomic E-state index is 0.358. The third-order valence-corrected chi connectivity index (χ3v) is 33.1. The molecule has 13 aliphatic heterocycles. The summed E-state index contributed by atoms with van der Waals surface area (Å²) in [5.41, 5.74) is 3.66. The summed E-state index contributed by atoms with van der Waals surface area (Å²) in [4.78, 5) is 21.8. The molecule has 0 amide bonds. The van der Waals surface area contributed by atoms with Crippen LogP contribution in [0.1, 0.15) is 431 Å². The van der Waals surface area contributed by atoms with Gasteiger partial charge in [-0.25, -0.2) is 0 Å². The van der Waals surface area contributed by atoms with E-state index >= 15 is 0 Å². The molecule has 20 aliphatic rings. The van der Waals surface area contributed by atoms with E-state index in [0.29, 0.717) is 49.7 Å². The molecule has 13 unspecified atom stereocenters. The number of rotatable bonds is 0. The van der Waals surface area contributed by atoms with Crippen LogP contribution in [-0.2, 0) is 0 Å². The summed E-state index contributed by atoms with van der Waals surface area (Å²) in [6.07, 6.45) is 60.4. The first-order chi connectivity index (χ1) is 52.7. The van der Waals surface area contributed by atoms with Gasteiger partial charge < -0.3 is 5.32 Å². The lowest BCUT2D eigenvalue weighted by atomic mass is 9.70. The van der Waals surface area contributed by atoms with Crippen LogP contribution in [0.3, 0.4) is 0 Å². The fraction of sp³-hybridized carbons (Fsp3) is 0.981. The SMILES string of the molecule is CC(C)(C)C1C2CCNC1CC2.CC(C)(C)N1C2C=CCC1CC2.CC(C)(C)N1C2CCCC1CC2.CC(C)(C)N1CC2CCC1C2.CC(C)(C)N1CC2CCC1CC2.CC(C)(C)N1CC2CCCC(CC2)C1.CC(C)(C)N1CCC2CCC1CC2.CC(C)(C)N1CCC2CCCC1C2.CC(C)(C)N1CC[C@@H]2CCC[C@@H](C2)C1. The number of piperidine rings is 6. The predicted octanol–water partition coefficient (Wildman–Crippen LogP) is 25.4. The lowest BCUT2D eigenvalue weighted by Gasteiger charge is -2.51. The van der Waals surface area contributed by atoms with Gasteiger partial charge in [0.25, 0.3) is 0 Å². The number of hydrogen-bond donors (Lipinski definition) is 1. The second-order valence-corrected chi connectivity index (χ2v) is 51.0. The Kier molecular flexibility index (Phi) is 33.4. The van der Waals surface area contributed by atoms with Crippen LogP contribution in [0.4, 0.5) is 0 Å². The smallest absolute Gasteiger partial charge is 0.0287 e. The second kappa shape index (κ2) is 39.9. The van der Waals surface area contributed by atoms with E-state index in [4.69, 9.17) is 0 Å². The largest absolute Gasteiger partial charge is 0.314 e. The van der Waals surface area contributed by atoms with E-state index in [2.05, 4.69) is 244 Å². The molecule has 113 heavy (non-hydrogen) atoms. The molecule has 12 saturated heterocycles. The van der Waals surface area contributed by atoms with Gasteiger partial charge in [-0.15, -0.1) is 0 Å². The van der Waals surface area contributed by atoms with Gasteiger partial charge in [-0.1, -0.05) is 71.4 Å². The second-order valence-electron chi connectivity index (χ2n) is 51.0. The minimum absolute atomic E-state index is 0.358. The zero-order valence-electron chi connectivity index (χ0n) is 80.9. The van der Waals surface area contributed by atoms with Crippen LogP contribution in [0, 0.1) is 64.6 Å². The fourth-order valence-electron chi connectivity index (χ4n) is 27.6. The average molecular weight is 1570 g/mol. The molecule has 7 aliphatic carbocycles. The van der Waals surface area contributed by atoms with Crippen LogP contribution >= 0.6 is 0 Å². The van der Waals surface area contributed by atoms with Gasteiger partial charge in [0.1, 0.15) is 0 Å². The van der Waals surface area contributed by atoms with Gasteiger partial charge in [0.05, 0.1) is 0 Å². The van der Waals surface area contributed by atoms with E-state index in [1.54, 1.807) is 0 Å². The molecule has 7 saturated carbocycles. The van der Waals surface area contributed by atoms with E-state index in [-0.39, 0.29) is 0 Å². The van der Waals surface area contributed by atoms with Gasteiger partial charge in [-0.3, -0.25) is 39.2 Å². The Balaban J connectivity index is 0.000000135. The van der Waals surface area contributed by atoms with Crippen molar-refractivity contribution in [3.05, 3.63) is 12.2 Å². The molecule has 658 valence electrons. The van der Waals surface area contributed by atoms with E-state index in [0.717, 1.165) is 114 Å². The van der Waals surface area contributed by atoms with Gasteiger partial charge in [0.15, 0.2) is 0 Å². The molecule has 1 N–H and O–H groups in total. The van der Waals surface area contributed by atoms with E-state index in [9.17, 15) is 0 Å². The van der Waals surface area contributed by atoms with Crippen molar-refractivity contribution in [2.24, 2.45) is 64.6 Å². The molecule has 0 aromatic heterocycles. The maximum atomic E-state index is 3.67. The topological polar surface area (TPSA) is 38.0 Å².